The Morgan fingerprint density at radius 2 is 2.00 bits per heavy atom. The molecule has 0 aliphatic carbocycles. The Balaban J connectivity index is 0.000000386. The second-order valence-corrected chi connectivity index (χ2v) is 4.37. The summed E-state index contributed by atoms with van der Waals surface area (Å²) in [6, 6.07) is 6.13. The monoisotopic (exact) mass is 233 g/mol. The summed E-state index contributed by atoms with van der Waals surface area (Å²) >= 11 is 4.39. The van der Waals surface area contributed by atoms with E-state index in [1.165, 1.54) is 17.4 Å². The van der Waals surface area contributed by atoms with Gasteiger partial charge < -0.3 is 4.98 Å². The van der Waals surface area contributed by atoms with E-state index in [0.29, 0.717) is 0 Å². The van der Waals surface area contributed by atoms with E-state index >= 15 is 0 Å². The molecule has 1 N–H and O–H groups in total. The molecule has 0 aliphatic rings. The zero-order valence-corrected chi connectivity index (χ0v) is 11.1. The van der Waals surface area contributed by atoms with Crippen LogP contribution in [0.2, 0.25) is 0 Å². The number of aromatic nitrogens is 1. The van der Waals surface area contributed by atoms with E-state index in [2.05, 4.69) is 44.1 Å². The fourth-order valence-corrected chi connectivity index (χ4v) is 1.83. The second-order valence-electron chi connectivity index (χ2n) is 3.89. The van der Waals surface area contributed by atoms with Crippen molar-refractivity contribution < 1.29 is 0 Å². The number of aromatic amines is 1. The Hall–Kier alpha value is -1.15. The lowest BCUT2D eigenvalue weighted by atomic mass is 10.0. The molecule has 0 saturated carbocycles. The zero-order valence-electron chi connectivity index (χ0n) is 10.2. The molecular weight excluding hydrogens is 214 g/mol. The SMILES string of the molecule is C=C(C)c1cccc2[nH]cc(S)c12.CCC. The molecule has 0 unspecified atom stereocenters. The van der Waals surface area contributed by atoms with Crippen LogP contribution in [0.15, 0.2) is 35.9 Å². The van der Waals surface area contributed by atoms with Crippen molar-refractivity contribution in [1.82, 2.24) is 4.98 Å². The van der Waals surface area contributed by atoms with Gasteiger partial charge in [-0.3, -0.25) is 0 Å². The van der Waals surface area contributed by atoms with Gasteiger partial charge in [-0.15, -0.1) is 12.6 Å². The van der Waals surface area contributed by atoms with Crippen LogP contribution in [0.4, 0.5) is 0 Å². The molecule has 1 aromatic carbocycles. The number of hydrogen-bond donors (Lipinski definition) is 2. The number of allylic oxidation sites excluding steroid dienone is 1. The molecule has 0 radical (unpaired) electrons. The predicted octanol–water partition coefficient (Wildman–Crippen LogP) is 4.91. The molecule has 0 atom stereocenters. The highest BCUT2D eigenvalue weighted by Crippen LogP contribution is 2.28. The number of nitrogens with one attached hydrogen (secondary N) is 1. The van der Waals surface area contributed by atoms with Crippen molar-refractivity contribution in [2.24, 2.45) is 0 Å². The van der Waals surface area contributed by atoms with Crippen LogP contribution in [0, 0.1) is 0 Å². The fourth-order valence-electron chi connectivity index (χ4n) is 1.52. The smallest absolute Gasteiger partial charge is 0.0471 e. The molecule has 0 spiro atoms. The van der Waals surface area contributed by atoms with Crippen LogP contribution in [0.3, 0.4) is 0 Å². The Bertz CT molecular complexity index is 482. The zero-order chi connectivity index (χ0) is 12.1. The van der Waals surface area contributed by atoms with E-state index in [9.17, 15) is 0 Å². The standard InChI is InChI=1S/C11H11NS.C3H8/c1-7(2)8-4-3-5-9-11(8)10(13)6-12-9;1-3-2/h3-6,12-13H,1H2,2H3;3H2,1-2H3. The second kappa shape index (κ2) is 5.80. The van der Waals surface area contributed by atoms with Crippen LogP contribution < -0.4 is 0 Å². The van der Waals surface area contributed by atoms with E-state index < -0.39 is 0 Å². The van der Waals surface area contributed by atoms with Crippen molar-refractivity contribution in [3.63, 3.8) is 0 Å². The first kappa shape index (κ1) is 12.9. The third kappa shape index (κ3) is 2.70. The third-order valence-corrected chi connectivity index (χ3v) is 2.50. The largest absolute Gasteiger partial charge is 0.360 e. The number of rotatable bonds is 1. The van der Waals surface area contributed by atoms with Crippen LogP contribution in [0.5, 0.6) is 0 Å². The van der Waals surface area contributed by atoms with Crippen molar-refractivity contribution >= 4 is 29.1 Å². The molecular formula is C14H19NS. The summed E-state index contributed by atoms with van der Waals surface area (Å²) in [5.74, 6) is 0. The summed E-state index contributed by atoms with van der Waals surface area (Å²) in [5.41, 5.74) is 3.36. The van der Waals surface area contributed by atoms with Gasteiger partial charge in [0.2, 0.25) is 0 Å². The van der Waals surface area contributed by atoms with Gasteiger partial charge in [-0.1, -0.05) is 44.6 Å². The molecule has 0 amide bonds. The van der Waals surface area contributed by atoms with Gasteiger partial charge >= 0.3 is 0 Å². The lowest BCUT2D eigenvalue weighted by Crippen LogP contribution is -1.79. The number of fused-ring (bicyclic) bond motifs is 1. The minimum absolute atomic E-state index is 0.980. The summed E-state index contributed by atoms with van der Waals surface area (Å²) in [5, 5.41) is 1.17. The summed E-state index contributed by atoms with van der Waals surface area (Å²) in [6.07, 6.45) is 3.15. The molecule has 2 heteroatoms. The molecule has 0 saturated heterocycles. The third-order valence-electron chi connectivity index (χ3n) is 2.14. The van der Waals surface area contributed by atoms with E-state index in [0.717, 1.165) is 16.0 Å². The highest BCUT2D eigenvalue weighted by molar-refractivity contribution is 7.80. The number of hydrogen-bond acceptors (Lipinski definition) is 1. The minimum atomic E-state index is 0.980. The van der Waals surface area contributed by atoms with Crippen molar-refractivity contribution in [1.29, 1.82) is 0 Å². The van der Waals surface area contributed by atoms with Crippen LogP contribution in [0.25, 0.3) is 16.5 Å². The van der Waals surface area contributed by atoms with E-state index in [1.807, 2.05) is 25.3 Å². The first-order valence-electron chi connectivity index (χ1n) is 5.56. The highest BCUT2D eigenvalue weighted by atomic mass is 32.1. The maximum atomic E-state index is 4.39. The summed E-state index contributed by atoms with van der Waals surface area (Å²) in [7, 11) is 0. The molecule has 1 heterocycles. The van der Waals surface area contributed by atoms with Gasteiger partial charge in [0.25, 0.3) is 0 Å². The normalized spacial score (nSPS) is 9.75. The Morgan fingerprint density at radius 1 is 1.38 bits per heavy atom. The first-order valence-corrected chi connectivity index (χ1v) is 6.01. The first-order chi connectivity index (χ1) is 7.61. The molecule has 2 aromatic rings. The Labute approximate surface area is 103 Å². The van der Waals surface area contributed by atoms with Crippen LogP contribution in [-0.2, 0) is 0 Å². The van der Waals surface area contributed by atoms with Gasteiger partial charge in [0.1, 0.15) is 0 Å². The number of benzene rings is 1. The molecule has 1 nitrogen and oxygen atoms in total. The predicted molar refractivity (Wildman–Crippen MR) is 76.2 cm³/mol. The maximum Gasteiger partial charge on any atom is 0.0471 e. The van der Waals surface area contributed by atoms with Gasteiger partial charge in [-0.2, -0.15) is 0 Å². The topological polar surface area (TPSA) is 15.8 Å². The minimum Gasteiger partial charge on any atom is -0.360 e. The van der Waals surface area contributed by atoms with Gasteiger partial charge in [0, 0.05) is 22.0 Å². The highest BCUT2D eigenvalue weighted by Gasteiger charge is 2.05. The fraction of sp³-hybridized carbons (Fsp3) is 0.286. The molecule has 0 fully saturated rings. The average molecular weight is 233 g/mol. The molecule has 16 heavy (non-hydrogen) atoms. The number of thiol groups is 1. The molecule has 86 valence electrons. The van der Waals surface area contributed by atoms with Crippen molar-refractivity contribution in [2.75, 3.05) is 0 Å². The molecule has 0 aliphatic heterocycles. The quantitative estimate of drug-likeness (QED) is 0.651. The summed E-state index contributed by atoms with van der Waals surface area (Å²) in [4.78, 5) is 4.15. The molecule has 1 aromatic heterocycles. The van der Waals surface area contributed by atoms with Crippen LogP contribution in [0.1, 0.15) is 32.8 Å². The lowest BCUT2D eigenvalue weighted by molar-refractivity contribution is 1.09. The maximum absolute atomic E-state index is 4.39. The van der Waals surface area contributed by atoms with Crippen molar-refractivity contribution in [2.45, 2.75) is 32.1 Å². The Morgan fingerprint density at radius 3 is 2.56 bits per heavy atom. The molecule has 0 bridgehead atoms. The Kier molecular flexibility index (Phi) is 4.69. The van der Waals surface area contributed by atoms with Gasteiger partial charge in [0.05, 0.1) is 0 Å². The average Bonchev–Trinajstić information content (AvgIpc) is 2.62. The summed E-state index contributed by atoms with van der Waals surface area (Å²) < 4.78 is 0. The van der Waals surface area contributed by atoms with Crippen LogP contribution in [-0.4, -0.2) is 4.98 Å². The van der Waals surface area contributed by atoms with E-state index in [-0.39, 0.29) is 0 Å². The molecule has 2 rings (SSSR count). The van der Waals surface area contributed by atoms with Gasteiger partial charge in [0.15, 0.2) is 0 Å². The van der Waals surface area contributed by atoms with Gasteiger partial charge in [-0.25, -0.2) is 0 Å². The lowest BCUT2D eigenvalue weighted by Gasteiger charge is -2.02. The van der Waals surface area contributed by atoms with Crippen molar-refractivity contribution in [3.05, 3.63) is 36.5 Å². The summed E-state index contributed by atoms with van der Waals surface area (Å²) in [6.45, 7) is 10.2. The van der Waals surface area contributed by atoms with E-state index in [4.69, 9.17) is 0 Å². The van der Waals surface area contributed by atoms with Crippen molar-refractivity contribution in [3.8, 4) is 0 Å². The van der Waals surface area contributed by atoms with Gasteiger partial charge in [-0.05, 0) is 18.6 Å². The number of H-pyrrole nitrogens is 1. The van der Waals surface area contributed by atoms with Crippen LogP contribution >= 0.6 is 12.6 Å². The van der Waals surface area contributed by atoms with E-state index in [1.54, 1.807) is 0 Å².